The van der Waals surface area contributed by atoms with Crippen LogP contribution in [0.1, 0.15) is 32.9 Å². The fraction of sp³-hybridized carbons (Fsp3) is 0.615. The van der Waals surface area contributed by atoms with Crippen molar-refractivity contribution < 1.29 is 0 Å². The zero-order valence-corrected chi connectivity index (χ0v) is 12.9. The number of nitrogens with zero attached hydrogens (tertiary/aromatic N) is 2. The van der Waals surface area contributed by atoms with Crippen molar-refractivity contribution in [1.29, 1.82) is 0 Å². The first kappa shape index (κ1) is 13.9. The van der Waals surface area contributed by atoms with Crippen LogP contribution in [0.3, 0.4) is 0 Å². The van der Waals surface area contributed by atoms with Crippen molar-refractivity contribution in [1.82, 2.24) is 14.7 Å². The number of hydrogen-bond donors (Lipinski definition) is 1. The van der Waals surface area contributed by atoms with Crippen molar-refractivity contribution in [3.05, 3.63) is 17.3 Å². The largest absolute Gasteiger partial charge is 0.311 e. The molecule has 18 heavy (non-hydrogen) atoms. The van der Waals surface area contributed by atoms with Crippen LogP contribution in [0.15, 0.2) is 16.6 Å². The van der Waals surface area contributed by atoms with E-state index in [1.54, 1.807) is 11.3 Å². The fourth-order valence-corrected chi connectivity index (χ4v) is 3.44. The lowest BCUT2D eigenvalue weighted by Crippen LogP contribution is -2.20. The number of thiazole rings is 1. The van der Waals surface area contributed by atoms with Gasteiger partial charge in [-0.3, -0.25) is 4.40 Å². The van der Waals surface area contributed by atoms with E-state index in [4.69, 9.17) is 4.98 Å². The summed E-state index contributed by atoms with van der Waals surface area (Å²) in [6, 6.07) is 0. The summed E-state index contributed by atoms with van der Waals surface area (Å²) >= 11 is 3.58. The van der Waals surface area contributed by atoms with Gasteiger partial charge in [-0.25, -0.2) is 4.98 Å². The van der Waals surface area contributed by atoms with Gasteiger partial charge in [-0.2, -0.15) is 0 Å². The molecule has 0 aromatic carbocycles. The summed E-state index contributed by atoms with van der Waals surface area (Å²) in [6.45, 7) is 8.63. The molecular weight excluding hydrogens is 262 g/mol. The third-order valence-electron chi connectivity index (χ3n) is 2.61. The second-order valence-electron chi connectivity index (χ2n) is 4.79. The SMILES string of the molecule is CCCSc1nc2sccn2c1CNCC(C)C. The van der Waals surface area contributed by atoms with Crippen LogP contribution in [0.5, 0.6) is 0 Å². The number of imidazole rings is 1. The first-order chi connectivity index (χ1) is 8.72. The van der Waals surface area contributed by atoms with E-state index in [0.29, 0.717) is 5.92 Å². The van der Waals surface area contributed by atoms with Crippen LogP contribution in [0.4, 0.5) is 0 Å². The molecule has 2 aromatic heterocycles. The maximum absolute atomic E-state index is 4.71. The summed E-state index contributed by atoms with van der Waals surface area (Å²) in [5.41, 5.74) is 1.31. The first-order valence-corrected chi connectivity index (χ1v) is 8.36. The van der Waals surface area contributed by atoms with Gasteiger partial charge in [0.2, 0.25) is 0 Å². The summed E-state index contributed by atoms with van der Waals surface area (Å²) in [4.78, 5) is 5.82. The Kier molecular flexibility index (Phi) is 5.09. The van der Waals surface area contributed by atoms with E-state index < -0.39 is 0 Å². The van der Waals surface area contributed by atoms with Gasteiger partial charge >= 0.3 is 0 Å². The molecule has 0 bridgehead atoms. The van der Waals surface area contributed by atoms with E-state index >= 15 is 0 Å². The number of thioether (sulfide) groups is 1. The molecule has 0 fully saturated rings. The lowest BCUT2D eigenvalue weighted by atomic mass is 10.2. The van der Waals surface area contributed by atoms with Gasteiger partial charge in [0.05, 0.1) is 5.69 Å². The van der Waals surface area contributed by atoms with E-state index in [2.05, 4.69) is 42.1 Å². The van der Waals surface area contributed by atoms with Gasteiger partial charge in [0.1, 0.15) is 5.03 Å². The van der Waals surface area contributed by atoms with Crippen molar-refractivity contribution in [3.63, 3.8) is 0 Å². The minimum atomic E-state index is 0.683. The highest BCUT2D eigenvalue weighted by Gasteiger charge is 2.12. The molecule has 0 spiro atoms. The smallest absolute Gasteiger partial charge is 0.194 e. The zero-order chi connectivity index (χ0) is 13.0. The van der Waals surface area contributed by atoms with Crippen LogP contribution in [0.2, 0.25) is 0 Å². The molecule has 5 heteroatoms. The number of rotatable bonds is 7. The topological polar surface area (TPSA) is 29.3 Å². The van der Waals surface area contributed by atoms with Gasteiger partial charge in [-0.15, -0.1) is 23.1 Å². The molecule has 100 valence electrons. The summed E-state index contributed by atoms with van der Waals surface area (Å²) in [5.74, 6) is 1.82. The summed E-state index contributed by atoms with van der Waals surface area (Å²) in [7, 11) is 0. The van der Waals surface area contributed by atoms with Crippen LogP contribution >= 0.6 is 23.1 Å². The summed E-state index contributed by atoms with van der Waals surface area (Å²) in [5, 5.41) is 6.81. The van der Waals surface area contributed by atoms with Crippen molar-refractivity contribution in [2.24, 2.45) is 5.92 Å². The van der Waals surface area contributed by atoms with E-state index in [-0.39, 0.29) is 0 Å². The molecule has 0 aliphatic carbocycles. The molecular formula is C13H21N3S2. The molecule has 0 radical (unpaired) electrons. The highest BCUT2D eigenvalue weighted by atomic mass is 32.2. The van der Waals surface area contributed by atoms with Gasteiger partial charge in [0, 0.05) is 18.1 Å². The number of aromatic nitrogens is 2. The Balaban J connectivity index is 2.12. The van der Waals surface area contributed by atoms with E-state index in [1.165, 1.54) is 17.1 Å². The van der Waals surface area contributed by atoms with Crippen molar-refractivity contribution in [3.8, 4) is 0 Å². The quantitative estimate of drug-likeness (QED) is 0.787. The Bertz CT molecular complexity index is 487. The number of hydrogen-bond acceptors (Lipinski definition) is 4. The second kappa shape index (κ2) is 6.59. The van der Waals surface area contributed by atoms with Crippen LogP contribution < -0.4 is 5.32 Å². The summed E-state index contributed by atoms with van der Waals surface area (Å²) in [6.07, 6.45) is 3.31. The molecule has 0 saturated carbocycles. The first-order valence-electron chi connectivity index (χ1n) is 6.50. The molecule has 0 aliphatic rings. The summed E-state index contributed by atoms with van der Waals surface area (Å²) < 4.78 is 2.22. The van der Waals surface area contributed by atoms with Crippen LogP contribution in [0.25, 0.3) is 4.96 Å². The van der Waals surface area contributed by atoms with Crippen molar-refractivity contribution in [2.45, 2.75) is 38.8 Å². The van der Waals surface area contributed by atoms with Gasteiger partial charge in [-0.05, 0) is 24.6 Å². The lowest BCUT2D eigenvalue weighted by molar-refractivity contribution is 0.544. The monoisotopic (exact) mass is 283 g/mol. The normalized spacial score (nSPS) is 11.8. The Morgan fingerprint density at radius 3 is 3.06 bits per heavy atom. The minimum absolute atomic E-state index is 0.683. The van der Waals surface area contributed by atoms with Crippen molar-refractivity contribution in [2.75, 3.05) is 12.3 Å². The molecule has 2 heterocycles. The highest BCUT2D eigenvalue weighted by Crippen LogP contribution is 2.26. The molecule has 0 aliphatic heterocycles. The van der Waals surface area contributed by atoms with Gasteiger partial charge < -0.3 is 5.32 Å². The van der Waals surface area contributed by atoms with Gasteiger partial charge in [0.15, 0.2) is 4.96 Å². The Morgan fingerprint density at radius 1 is 1.50 bits per heavy atom. The highest BCUT2D eigenvalue weighted by molar-refractivity contribution is 7.99. The predicted octanol–water partition coefficient (Wildman–Crippen LogP) is 3.64. The third-order valence-corrected chi connectivity index (χ3v) is 4.58. The molecule has 1 N–H and O–H groups in total. The lowest BCUT2D eigenvalue weighted by Gasteiger charge is -2.08. The third kappa shape index (κ3) is 3.28. The molecule has 0 amide bonds. The average Bonchev–Trinajstić information content (AvgIpc) is 2.88. The minimum Gasteiger partial charge on any atom is -0.311 e. The Hall–Kier alpha value is -0.520. The number of fused-ring (bicyclic) bond motifs is 1. The van der Waals surface area contributed by atoms with Crippen LogP contribution in [0, 0.1) is 5.92 Å². The Labute approximate surface area is 117 Å². The van der Waals surface area contributed by atoms with E-state index in [1.807, 2.05) is 11.8 Å². The van der Waals surface area contributed by atoms with Crippen LogP contribution in [-0.2, 0) is 6.54 Å². The maximum atomic E-state index is 4.71. The molecule has 0 atom stereocenters. The second-order valence-corrected chi connectivity index (χ2v) is 6.75. The van der Waals surface area contributed by atoms with Gasteiger partial charge in [0.25, 0.3) is 0 Å². The zero-order valence-electron chi connectivity index (χ0n) is 11.3. The molecule has 0 unspecified atom stereocenters. The molecule has 0 saturated heterocycles. The molecule has 2 rings (SSSR count). The number of nitrogens with one attached hydrogen (secondary N) is 1. The fourth-order valence-electron chi connectivity index (χ4n) is 1.77. The molecule has 3 nitrogen and oxygen atoms in total. The average molecular weight is 283 g/mol. The Morgan fingerprint density at radius 2 is 2.33 bits per heavy atom. The molecule has 2 aromatic rings. The van der Waals surface area contributed by atoms with E-state index in [9.17, 15) is 0 Å². The maximum Gasteiger partial charge on any atom is 0.194 e. The van der Waals surface area contributed by atoms with E-state index in [0.717, 1.165) is 23.8 Å². The van der Waals surface area contributed by atoms with Crippen LogP contribution in [-0.4, -0.2) is 21.7 Å². The predicted molar refractivity (Wildman–Crippen MR) is 80.6 cm³/mol. The standard InChI is InChI=1S/C13H21N3S2/c1-4-6-17-12-11(9-14-8-10(2)3)16-5-7-18-13(16)15-12/h5,7,10,14H,4,6,8-9H2,1-3H3. The van der Waals surface area contributed by atoms with Gasteiger partial charge in [-0.1, -0.05) is 20.8 Å². The van der Waals surface area contributed by atoms with Crippen molar-refractivity contribution >= 4 is 28.1 Å².